The number of unbranched alkanes of at least 4 members (excludes halogenated alkanes) is 1. The van der Waals surface area contributed by atoms with Gasteiger partial charge in [-0.15, -0.1) is 0 Å². The summed E-state index contributed by atoms with van der Waals surface area (Å²) in [5.74, 6) is 1.98. The molecule has 2 aromatic heterocycles. The molecule has 12 heteroatoms. The van der Waals surface area contributed by atoms with E-state index in [0.717, 1.165) is 76.9 Å². The number of aromatic nitrogens is 3. The molecule has 0 spiro atoms. The fourth-order valence-corrected chi connectivity index (χ4v) is 6.19. The molecule has 1 amide bonds. The zero-order valence-corrected chi connectivity index (χ0v) is 27.7. The van der Waals surface area contributed by atoms with Gasteiger partial charge < -0.3 is 24.4 Å². The summed E-state index contributed by atoms with van der Waals surface area (Å²) in [6.07, 6.45) is 7.71. The Labute approximate surface area is 275 Å². The average molecular weight is 653 g/mol. The van der Waals surface area contributed by atoms with Gasteiger partial charge in [-0.25, -0.2) is 4.98 Å². The van der Waals surface area contributed by atoms with Gasteiger partial charge in [-0.2, -0.15) is 4.98 Å². The van der Waals surface area contributed by atoms with Crippen LogP contribution in [-0.2, 0) is 16.1 Å². The van der Waals surface area contributed by atoms with E-state index in [1.807, 2.05) is 11.0 Å². The summed E-state index contributed by atoms with van der Waals surface area (Å²) in [6, 6.07) is 5.34. The van der Waals surface area contributed by atoms with Crippen LogP contribution in [0.2, 0.25) is 5.02 Å². The minimum atomic E-state index is -0.197. The molecule has 2 saturated heterocycles. The molecular formula is C34H45ClN6O5. The molecule has 46 heavy (non-hydrogen) atoms. The van der Waals surface area contributed by atoms with Crippen LogP contribution >= 0.6 is 11.6 Å². The van der Waals surface area contributed by atoms with Gasteiger partial charge in [0.25, 0.3) is 5.56 Å². The number of hydrogen-bond donors (Lipinski definition) is 1. The molecule has 2 aliphatic heterocycles. The number of halogens is 1. The predicted octanol–water partition coefficient (Wildman–Crippen LogP) is 4.86. The molecule has 0 atom stereocenters. The van der Waals surface area contributed by atoms with Crippen molar-refractivity contribution in [3.8, 4) is 22.6 Å². The van der Waals surface area contributed by atoms with E-state index in [1.54, 1.807) is 30.0 Å². The second kappa shape index (κ2) is 16.2. The first-order valence-electron chi connectivity index (χ1n) is 16.3. The number of rotatable bonds is 14. The van der Waals surface area contributed by atoms with Crippen LogP contribution in [0.3, 0.4) is 0 Å². The summed E-state index contributed by atoms with van der Waals surface area (Å²) >= 11 is 6.90. The highest BCUT2D eigenvalue weighted by Gasteiger charge is 2.22. The van der Waals surface area contributed by atoms with Crippen molar-refractivity contribution >= 4 is 34.5 Å². The lowest BCUT2D eigenvalue weighted by atomic mass is 10.0. The van der Waals surface area contributed by atoms with Crippen molar-refractivity contribution in [3.63, 3.8) is 0 Å². The molecule has 0 radical (unpaired) electrons. The van der Waals surface area contributed by atoms with Crippen molar-refractivity contribution in [1.82, 2.24) is 24.3 Å². The van der Waals surface area contributed by atoms with Gasteiger partial charge in [0.1, 0.15) is 17.1 Å². The quantitative estimate of drug-likeness (QED) is 0.193. The van der Waals surface area contributed by atoms with Gasteiger partial charge >= 0.3 is 0 Å². The molecule has 2 fully saturated rings. The van der Waals surface area contributed by atoms with Gasteiger partial charge in [-0.05, 0) is 56.4 Å². The lowest BCUT2D eigenvalue weighted by Crippen LogP contribution is -2.48. The van der Waals surface area contributed by atoms with E-state index in [4.69, 9.17) is 30.8 Å². The van der Waals surface area contributed by atoms with Crippen molar-refractivity contribution in [3.05, 3.63) is 52.4 Å². The summed E-state index contributed by atoms with van der Waals surface area (Å²) < 4.78 is 18.8. The molecule has 0 unspecified atom stereocenters. The molecule has 5 rings (SSSR count). The normalized spacial score (nSPS) is 16.0. The van der Waals surface area contributed by atoms with Gasteiger partial charge in [-0.3, -0.25) is 19.1 Å². The largest absolute Gasteiger partial charge is 0.497 e. The summed E-state index contributed by atoms with van der Waals surface area (Å²) in [7, 11) is 1.58. The van der Waals surface area contributed by atoms with Crippen LogP contribution in [0.4, 0.5) is 5.95 Å². The van der Waals surface area contributed by atoms with E-state index in [2.05, 4.69) is 28.7 Å². The highest BCUT2D eigenvalue weighted by atomic mass is 35.5. The van der Waals surface area contributed by atoms with E-state index in [9.17, 15) is 9.59 Å². The highest BCUT2D eigenvalue weighted by Crippen LogP contribution is 2.39. The number of carbonyl (C=O) groups excluding carboxylic acids is 1. The second-order valence-corrected chi connectivity index (χ2v) is 12.2. The first-order chi connectivity index (χ1) is 22.4. The minimum Gasteiger partial charge on any atom is -0.497 e. The molecule has 1 N–H and O–H groups in total. The first-order valence-corrected chi connectivity index (χ1v) is 16.7. The van der Waals surface area contributed by atoms with Gasteiger partial charge in [-0.1, -0.05) is 31.5 Å². The van der Waals surface area contributed by atoms with Gasteiger partial charge in [0.2, 0.25) is 11.9 Å². The van der Waals surface area contributed by atoms with Gasteiger partial charge in [0.15, 0.2) is 0 Å². The van der Waals surface area contributed by atoms with Crippen molar-refractivity contribution in [1.29, 1.82) is 0 Å². The average Bonchev–Trinajstić information content (AvgIpc) is 3.09. The highest BCUT2D eigenvalue weighted by molar-refractivity contribution is 6.35. The molecule has 11 nitrogen and oxygen atoms in total. The van der Waals surface area contributed by atoms with E-state index in [1.165, 1.54) is 6.08 Å². The maximum Gasteiger partial charge on any atom is 0.260 e. The topological polar surface area (TPSA) is 111 Å². The summed E-state index contributed by atoms with van der Waals surface area (Å²) in [5.41, 5.74) is 1.34. The molecule has 0 saturated carbocycles. The SMILES string of the molecule is C=CC(=O)N1CCN(CCCn2c(=O)c(-c3cc(OC)cc(OCCCC)c3Cl)cc3cnc(NCC4CCOCC4)nc32)CC1. The van der Waals surface area contributed by atoms with E-state index < -0.39 is 0 Å². The van der Waals surface area contributed by atoms with Crippen LogP contribution in [0, 0.1) is 5.92 Å². The summed E-state index contributed by atoms with van der Waals surface area (Å²) in [4.78, 5) is 39.9. The van der Waals surface area contributed by atoms with Crippen molar-refractivity contribution in [2.24, 2.45) is 5.92 Å². The van der Waals surface area contributed by atoms with Crippen molar-refractivity contribution < 1.29 is 19.0 Å². The number of methoxy groups -OCH3 is 1. The Morgan fingerprint density at radius 1 is 1.13 bits per heavy atom. The fraction of sp³-hybridized carbons (Fsp3) is 0.529. The zero-order chi connectivity index (χ0) is 32.5. The number of anilines is 1. The number of pyridine rings is 1. The fourth-order valence-electron chi connectivity index (χ4n) is 5.92. The Bertz CT molecular complexity index is 1570. The van der Waals surface area contributed by atoms with E-state index in [0.29, 0.717) is 71.4 Å². The molecule has 1 aromatic carbocycles. The maximum absolute atomic E-state index is 14.3. The number of carbonyl (C=O) groups is 1. The van der Waals surface area contributed by atoms with Gasteiger partial charge in [0, 0.05) is 81.3 Å². The third-order valence-corrected chi connectivity index (χ3v) is 9.12. The zero-order valence-electron chi connectivity index (χ0n) is 26.9. The third-order valence-electron chi connectivity index (χ3n) is 8.73. The molecule has 2 aliphatic rings. The Balaban J connectivity index is 1.45. The second-order valence-electron chi connectivity index (χ2n) is 11.8. The smallest absolute Gasteiger partial charge is 0.260 e. The van der Waals surface area contributed by atoms with Crippen LogP contribution in [0.25, 0.3) is 22.2 Å². The minimum absolute atomic E-state index is 0.0365. The van der Waals surface area contributed by atoms with Crippen molar-refractivity contribution in [2.75, 3.05) is 71.5 Å². The molecular weight excluding hydrogens is 608 g/mol. The summed E-state index contributed by atoms with van der Waals surface area (Å²) in [5, 5.41) is 4.48. The molecule has 3 aromatic rings. The number of nitrogens with one attached hydrogen (secondary N) is 1. The summed E-state index contributed by atoms with van der Waals surface area (Å²) in [6.45, 7) is 12.6. The number of hydrogen-bond acceptors (Lipinski definition) is 9. The maximum atomic E-state index is 14.3. The van der Waals surface area contributed by atoms with Crippen LogP contribution in [0.15, 0.2) is 41.8 Å². The van der Waals surface area contributed by atoms with Crippen LogP contribution in [0.1, 0.15) is 39.0 Å². The third kappa shape index (κ3) is 8.18. The molecule has 0 aliphatic carbocycles. The lowest BCUT2D eigenvalue weighted by molar-refractivity contribution is -0.127. The standard InChI is InChI=1S/C34H45ClN6O5/c1-4-6-16-46-29-21-26(44-3)20-27(31(29)35)28-19-25-23-37-34(36-22-24-8-17-45-18-9-24)38-32(25)41(33(28)43)11-7-10-39-12-14-40(15-13-39)30(42)5-2/h5,19-21,23-24H,2,4,6-18,22H2,1,3H3,(H,36,37,38). The Kier molecular flexibility index (Phi) is 11.9. The monoisotopic (exact) mass is 652 g/mol. The number of benzene rings is 1. The Morgan fingerprint density at radius 3 is 2.63 bits per heavy atom. The lowest BCUT2D eigenvalue weighted by Gasteiger charge is -2.34. The number of piperazine rings is 1. The first kappa shape index (κ1) is 33.7. The Hall–Kier alpha value is -3.67. The van der Waals surface area contributed by atoms with Crippen LogP contribution in [-0.4, -0.2) is 96.4 Å². The number of fused-ring (bicyclic) bond motifs is 1. The van der Waals surface area contributed by atoms with Crippen molar-refractivity contribution in [2.45, 2.75) is 45.6 Å². The van der Waals surface area contributed by atoms with E-state index >= 15 is 0 Å². The molecule has 248 valence electrons. The molecule has 0 bridgehead atoms. The molecule has 4 heterocycles. The van der Waals surface area contributed by atoms with Gasteiger partial charge in [0.05, 0.1) is 18.7 Å². The van der Waals surface area contributed by atoms with E-state index in [-0.39, 0.29) is 11.5 Å². The predicted molar refractivity (Wildman–Crippen MR) is 181 cm³/mol. The number of aryl methyl sites for hydroxylation is 1. The number of nitrogens with zero attached hydrogens (tertiary/aromatic N) is 5. The van der Waals surface area contributed by atoms with Crippen LogP contribution < -0.4 is 20.3 Å². The number of amides is 1. The number of ether oxygens (including phenoxy) is 3. The van der Waals surface area contributed by atoms with Crippen LogP contribution in [0.5, 0.6) is 11.5 Å². The Morgan fingerprint density at radius 2 is 1.91 bits per heavy atom.